The number of hydrogen-bond donors (Lipinski definition) is 1. The van der Waals surface area contributed by atoms with E-state index in [1.165, 1.54) is 10.7 Å². The van der Waals surface area contributed by atoms with Gasteiger partial charge in [0.2, 0.25) is 5.91 Å². The predicted octanol–water partition coefficient (Wildman–Crippen LogP) is 0.367. The molecule has 1 aliphatic heterocycles. The minimum Gasteiger partial charge on any atom is -0.497 e. The molecule has 1 aromatic heterocycles. The Kier molecular flexibility index (Phi) is 6.56. The van der Waals surface area contributed by atoms with Crippen molar-refractivity contribution in [1.82, 2.24) is 20.0 Å². The second kappa shape index (κ2) is 9.29. The number of carbonyl (C=O) groups is 1. The first-order valence-electron chi connectivity index (χ1n) is 8.95. The number of hydrogen-bond acceptors (Lipinski definition) is 6. The van der Waals surface area contributed by atoms with Crippen molar-refractivity contribution in [3.63, 3.8) is 0 Å². The van der Waals surface area contributed by atoms with Crippen LogP contribution in [0.4, 0.5) is 0 Å². The van der Waals surface area contributed by atoms with Crippen LogP contribution in [0.1, 0.15) is 0 Å². The number of ether oxygens (including phenoxy) is 2. The number of rotatable bonds is 7. The first-order valence-corrected chi connectivity index (χ1v) is 8.95. The highest BCUT2D eigenvalue weighted by Gasteiger charge is 2.11. The molecular weight excluding hydrogens is 348 g/mol. The Labute approximate surface area is 157 Å². The van der Waals surface area contributed by atoms with Gasteiger partial charge in [-0.3, -0.25) is 14.5 Å². The Morgan fingerprint density at radius 2 is 1.93 bits per heavy atom. The summed E-state index contributed by atoms with van der Waals surface area (Å²) in [4.78, 5) is 26.4. The average molecular weight is 372 g/mol. The summed E-state index contributed by atoms with van der Waals surface area (Å²) in [6.07, 6.45) is 0. The summed E-state index contributed by atoms with van der Waals surface area (Å²) in [6, 6.07) is 10.4. The van der Waals surface area contributed by atoms with Crippen molar-refractivity contribution in [2.24, 2.45) is 0 Å². The van der Waals surface area contributed by atoms with Crippen LogP contribution in [0, 0.1) is 0 Å². The second-order valence-electron chi connectivity index (χ2n) is 6.25. The molecule has 27 heavy (non-hydrogen) atoms. The summed E-state index contributed by atoms with van der Waals surface area (Å²) >= 11 is 0. The van der Waals surface area contributed by atoms with Gasteiger partial charge in [-0.05, 0) is 30.3 Å². The van der Waals surface area contributed by atoms with Crippen LogP contribution in [0.5, 0.6) is 5.75 Å². The quantitative estimate of drug-likeness (QED) is 0.756. The standard InChI is InChI=1S/C19H24N4O4/c1-26-16-4-2-15(3-5-16)17-6-7-19(25)23(21-17)14-18(24)20-8-9-22-10-12-27-13-11-22/h2-7H,8-14H2,1H3,(H,20,24). The Morgan fingerprint density at radius 1 is 1.19 bits per heavy atom. The molecule has 0 radical (unpaired) electrons. The molecule has 8 nitrogen and oxygen atoms in total. The van der Waals surface area contributed by atoms with Gasteiger partial charge >= 0.3 is 0 Å². The van der Waals surface area contributed by atoms with Gasteiger partial charge in [-0.15, -0.1) is 0 Å². The Bertz CT molecular complexity index is 813. The van der Waals surface area contributed by atoms with Crippen LogP contribution in [0.2, 0.25) is 0 Å². The van der Waals surface area contributed by atoms with Crippen LogP contribution in [-0.2, 0) is 16.1 Å². The van der Waals surface area contributed by atoms with E-state index in [1.54, 1.807) is 13.2 Å². The zero-order chi connectivity index (χ0) is 19.1. The van der Waals surface area contributed by atoms with Crippen molar-refractivity contribution in [2.45, 2.75) is 6.54 Å². The van der Waals surface area contributed by atoms with Crippen molar-refractivity contribution in [2.75, 3.05) is 46.5 Å². The lowest BCUT2D eigenvalue weighted by Gasteiger charge is -2.26. The third kappa shape index (κ3) is 5.38. The molecule has 0 spiro atoms. The predicted molar refractivity (Wildman–Crippen MR) is 101 cm³/mol. The first-order chi connectivity index (χ1) is 13.2. The van der Waals surface area contributed by atoms with Gasteiger partial charge in [0.15, 0.2) is 0 Å². The molecule has 0 bridgehead atoms. The highest BCUT2D eigenvalue weighted by atomic mass is 16.5. The maximum atomic E-state index is 12.2. The largest absolute Gasteiger partial charge is 0.497 e. The number of nitrogens with one attached hydrogen (secondary N) is 1. The molecule has 1 aromatic carbocycles. The monoisotopic (exact) mass is 372 g/mol. The molecule has 0 saturated carbocycles. The number of methoxy groups -OCH3 is 1. The van der Waals surface area contributed by atoms with Crippen LogP contribution in [-0.4, -0.2) is 67.1 Å². The van der Waals surface area contributed by atoms with Gasteiger partial charge in [-0.2, -0.15) is 5.10 Å². The number of amides is 1. The van der Waals surface area contributed by atoms with E-state index in [0.29, 0.717) is 12.2 Å². The van der Waals surface area contributed by atoms with E-state index in [0.717, 1.165) is 44.2 Å². The Morgan fingerprint density at radius 3 is 2.63 bits per heavy atom. The molecule has 1 fully saturated rings. The molecule has 1 N–H and O–H groups in total. The normalized spacial score (nSPS) is 14.7. The smallest absolute Gasteiger partial charge is 0.267 e. The number of nitrogens with zero attached hydrogens (tertiary/aromatic N) is 3. The van der Waals surface area contributed by atoms with Gasteiger partial charge < -0.3 is 14.8 Å². The van der Waals surface area contributed by atoms with E-state index in [2.05, 4.69) is 15.3 Å². The molecule has 0 aliphatic carbocycles. The lowest BCUT2D eigenvalue weighted by atomic mass is 10.1. The third-order valence-corrected chi connectivity index (χ3v) is 4.40. The zero-order valence-corrected chi connectivity index (χ0v) is 15.4. The Hall–Kier alpha value is -2.71. The van der Waals surface area contributed by atoms with Crippen molar-refractivity contribution < 1.29 is 14.3 Å². The van der Waals surface area contributed by atoms with Gasteiger partial charge in [0, 0.05) is 37.8 Å². The van der Waals surface area contributed by atoms with E-state index in [-0.39, 0.29) is 18.0 Å². The first kappa shape index (κ1) is 19.1. The van der Waals surface area contributed by atoms with Gasteiger partial charge in [0.1, 0.15) is 12.3 Å². The van der Waals surface area contributed by atoms with Gasteiger partial charge in [0.25, 0.3) is 5.56 Å². The summed E-state index contributed by atoms with van der Waals surface area (Å²) in [5, 5.41) is 7.15. The van der Waals surface area contributed by atoms with E-state index >= 15 is 0 Å². The molecular formula is C19H24N4O4. The summed E-state index contributed by atoms with van der Waals surface area (Å²) < 4.78 is 11.6. The lowest BCUT2D eigenvalue weighted by Crippen LogP contribution is -2.42. The van der Waals surface area contributed by atoms with Gasteiger partial charge in [0.05, 0.1) is 26.0 Å². The summed E-state index contributed by atoms with van der Waals surface area (Å²) in [5.74, 6) is 0.511. The van der Waals surface area contributed by atoms with Crippen molar-refractivity contribution in [1.29, 1.82) is 0 Å². The molecule has 0 unspecified atom stereocenters. The molecule has 2 aromatic rings. The van der Waals surface area contributed by atoms with Crippen molar-refractivity contribution in [3.05, 3.63) is 46.8 Å². The molecule has 0 atom stereocenters. The number of aromatic nitrogens is 2. The summed E-state index contributed by atoms with van der Waals surface area (Å²) in [7, 11) is 1.60. The SMILES string of the molecule is COc1ccc(-c2ccc(=O)n(CC(=O)NCCN3CCOCC3)n2)cc1. The molecule has 1 aliphatic rings. The highest BCUT2D eigenvalue weighted by molar-refractivity contribution is 5.75. The lowest BCUT2D eigenvalue weighted by molar-refractivity contribution is -0.122. The minimum atomic E-state index is -0.310. The van der Waals surface area contributed by atoms with E-state index in [9.17, 15) is 9.59 Å². The van der Waals surface area contributed by atoms with E-state index < -0.39 is 0 Å². The topological polar surface area (TPSA) is 85.7 Å². The van der Waals surface area contributed by atoms with Crippen LogP contribution < -0.4 is 15.6 Å². The number of benzene rings is 1. The molecule has 3 rings (SSSR count). The molecule has 1 saturated heterocycles. The molecule has 1 amide bonds. The fraction of sp³-hybridized carbons (Fsp3) is 0.421. The maximum Gasteiger partial charge on any atom is 0.267 e. The minimum absolute atomic E-state index is 0.105. The fourth-order valence-electron chi connectivity index (χ4n) is 2.85. The maximum absolute atomic E-state index is 12.2. The average Bonchev–Trinajstić information content (AvgIpc) is 2.70. The van der Waals surface area contributed by atoms with E-state index in [1.807, 2.05) is 24.3 Å². The molecule has 2 heterocycles. The number of carbonyl (C=O) groups excluding carboxylic acids is 1. The van der Waals surface area contributed by atoms with Crippen molar-refractivity contribution >= 4 is 5.91 Å². The zero-order valence-electron chi connectivity index (χ0n) is 15.4. The van der Waals surface area contributed by atoms with Crippen molar-refractivity contribution in [3.8, 4) is 17.0 Å². The summed E-state index contributed by atoms with van der Waals surface area (Å²) in [6.45, 7) is 4.40. The Balaban J connectivity index is 1.58. The molecule has 144 valence electrons. The van der Waals surface area contributed by atoms with Gasteiger partial charge in [-0.25, -0.2) is 4.68 Å². The second-order valence-corrected chi connectivity index (χ2v) is 6.25. The van der Waals surface area contributed by atoms with Crippen LogP contribution >= 0.6 is 0 Å². The van der Waals surface area contributed by atoms with Crippen LogP contribution in [0.15, 0.2) is 41.2 Å². The van der Waals surface area contributed by atoms with Crippen LogP contribution in [0.25, 0.3) is 11.3 Å². The van der Waals surface area contributed by atoms with E-state index in [4.69, 9.17) is 9.47 Å². The third-order valence-electron chi connectivity index (χ3n) is 4.40. The fourth-order valence-corrected chi connectivity index (χ4v) is 2.85. The molecule has 8 heteroatoms. The van der Waals surface area contributed by atoms with Crippen LogP contribution in [0.3, 0.4) is 0 Å². The number of morpholine rings is 1. The highest BCUT2D eigenvalue weighted by Crippen LogP contribution is 2.19. The summed E-state index contributed by atoms with van der Waals surface area (Å²) in [5.41, 5.74) is 1.16. The van der Waals surface area contributed by atoms with Gasteiger partial charge in [-0.1, -0.05) is 0 Å².